The highest BCUT2D eigenvalue weighted by Crippen LogP contribution is 2.38. The van der Waals surface area contributed by atoms with E-state index >= 15 is 0 Å². The van der Waals surface area contributed by atoms with Gasteiger partial charge >= 0.3 is 0 Å². The summed E-state index contributed by atoms with van der Waals surface area (Å²) in [6.07, 6.45) is 0. The van der Waals surface area contributed by atoms with E-state index in [0.717, 1.165) is 5.69 Å². The molecule has 0 aliphatic rings. The first kappa shape index (κ1) is 28.4. The normalized spacial score (nSPS) is 11.6. The number of hydrogen-bond donors (Lipinski definition) is 0. The standard InChI is InChI=1S/C48H32N2/c1-3-11-33(12-4-1)34-19-21-35(22-20-34)36-23-27-40(28-24-36)50-46-18-10-8-16-42(46)44-30-26-38(32-48(44)50)37-25-29-43-41-15-7-9-17-45(41)49(47(43)31-37)39-13-5-2-6-14-39/h1-32H. The van der Waals surface area contributed by atoms with Gasteiger partial charge in [0.15, 0.2) is 0 Å². The summed E-state index contributed by atoms with van der Waals surface area (Å²) in [6, 6.07) is 70.4. The largest absolute Gasteiger partial charge is 0.309 e. The number of rotatable bonds is 5. The zero-order chi connectivity index (χ0) is 33.0. The van der Waals surface area contributed by atoms with E-state index in [2.05, 4.69) is 203 Å². The van der Waals surface area contributed by atoms with E-state index in [4.69, 9.17) is 0 Å². The summed E-state index contributed by atoms with van der Waals surface area (Å²) in [5.41, 5.74) is 14.4. The van der Waals surface area contributed by atoms with Crippen LogP contribution in [0.15, 0.2) is 194 Å². The van der Waals surface area contributed by atoms with Gasteiger partial charge in [-0.3, -0.25) is 0 Å². The van der Waals surface area contributed by atoms with Crippen molar-refractivity contribution in [3.05, 3.63) is 194 Å². The van der Waals surface area contributed by atoms with E-state index in [9.17, 15) is 0 Å². The molecule has 8 aromatic carbocycles. The summed E-state index contributed by atoms with van der Waals surface area (Å²) in [5.74, 6) is 0. The van der Waals surface area contributed by atoms with Crippen LogP contribution >= 0.6 is 0 Å². The number of fused-ring (bicyclic) bond motifs is 6. The van der Waals surface area contributed by atoms with Gasteiger partial charge in [0.2, 0.25) is 0 Å². The third-order valence-corrected chi connectivity index (χ3v) is 10.1. The molecule has 0 amide bonds. The lowest BCUT2D eigenvalue weighted by Crippen LogP contribution is -1.94. The van der Waals surface area contributed by atoms with Crippen molar-refractivity contribution in [2.45, 2.75) is 0 Å². The minimum absolute atomic E-state index is 1.15. The maximum atomic E-state index is 2.41. The van der Waals surface area contributed by atoms with Crippen LogP contribution in [0.1, 0.15) is 0 Å². The Labute approximate surface area is 290 Å². The van der Waals surface area contributed by atoms with Gasteiger partial charge in [-0.2, -0.15) is 0 Å². The van der Waals surface area contributed by atoms with Crippen molar-refractivity contribution in [2.24, 2.45) is 0 Å². The van der Waals surface area contributed by atoms with E-state index in [1.165, 1.54) is 82.7 Å². The minimum Gasteiger partial charge on any atom is -0.309 e. The minimum atomic E-state index is 1.15. The summed E-state index contributed by atoms with van der Waals surface area (Å²) in [6.45, 7) is 0. The van der Waals surface area contributed by atoms with Crippen molar-refractivity contribution < 1.29 is 0 Å². The van der Waals surface area contributed by atoms with Crippen LogP contribution in [-0.2, 0) is 0 Å². The van der Waals surface area contributed by atoms with Crippen LogP contribution in [-0.4, -0.2) is 9.13 Å². The van der Waals surface area contributed by atoms with Gasteiger partial charge in [-0.25, -0.2) is 0 Å². The average Bonchev–Trinajstić information content (AvgIpc) is 3.71. The maximum Gasteiger partial charge on any atom is 0.0547 e. The second-order valence-electron chi connectivity index (χ2n) is 13.0. The highest BCUT2D eigenvalue weighted by Gasteiger charge is 2.16. The predicted octanol–water partition coefficient (Wildman–Crippen LogP) is 12.9. The quantitative estimate of drug-likeness (QED) is 0.178. The van der Waals surface area contributed by atoms with Crippen LogP contribution in [0, 0.1) is 0 Å². The molecule has 10 rings (SSSR count). The van der Waals surface area contributed by atoms with Gasteiger partial charge in [0.05, 0.1) is 22.1 Å². The lowest BCUT2D eigenvalue weighted by Gasteiger charge is -2.11. The van der Waals surface area contributed by atoms with Gasteiger partial charge < -0.3 is 9.13 Å². The molecule has 10 aromatic rings. The number of benzene rings is 8. The van der Waals surface area contributed by atoms with E-state index in [1.807, 2.05) is 0 Å². The van der Waals surface area contributed by atoms with Crippen LogP contribution in [0.4, 0.5) is 0 Å². The molecule has 2 aromatic heterocycles. The monoisotopic (exact) mass is 636 g/mol. The number of nitrogens with zero attached hydrogens (tertiary/aromatic N) is 2. The molecule has 0 spiro atoms. The molecule has 0 bridgehead atoms. The molecule has 0 saturated carbocycles. The Hall–Kier alpha value is -6.64. The Balaban J connectivity index is 1.09. The van der Waals surface area contributed by atoms with Crippen molar-refractivity contribution >= 4 is 43.6 Å². The lowest BCUT2D eigenvalue weighted by molar-refractivity contribution is 1.18. The molecule has 2 nitrogen and oxygen atoms in total. The summed E-state index contributed by atoms with van der Waals surface area (Å²) in [5, 5.41) is 5.04. The van der Waals surface area contributed by atoms with Crippen molar-refractivity contribution in [3.8, 4) is 44.8 Å². The molecule has 0 unspecified atom stereocenters. The molecule has 2 heterocycles. The lowest BCUT2D eigenvalue weighted by atomic mass is 10.00. The first-order chi connectivity index (χ1) is 24.8. The van der Waals surface area contributed by atoms with Gasteiger partial charge in [-0.15, -0.1) is 0 Å². The topological polar surface area (TPSA) is 9.86 Å². The molecule has 50 heavy (non-hydrogen) atoms. The number of hydrogen-bond acceptors (Lipinski definition) is 0. The molecular weight excluding hydrogens is 605 g/mol. The Morgan fingerprint density at radius 2 is 0.560 bits per heavy atom. The molecule has 0 aliphatic heterocycles. The first-order valence-corrected chi connectivity index (χ1v) is 17.2. The Morgan fingerprint density at radius 3 is 1.06 bits per heavy atom. The average molecular weight is 637 g/mol. The van der Waals surface area contributed by atoms with Crippen LogP contribution < -0.4 is 0 Å². The molecule has 0 fully saturated rings. The Morgan fingerprint density at radius 1 is 0.220 bits per heavy atom. The van der Waals surface area contributed by atoms with Gasteiger partial charge in [-0.1, -0.05) is 146 Å². The van der Waals surface area contributed by atoms with Crippen molar-refractivity contribution in [3.63, 3.8) is 0 Å². The van der Waals surface area contributed by atoms with Gasteiger partial charge in [0.1, 0.15) is 0 Å². The van der Waals surface area contributed by atoms with Gasteiger partial charge in [-0.05, 0) is 81.9 Å². The molecule has 234 valence electrons. The smallest absolute Gasteiger partial charge is 0.0547 e. The molecule has 0 atom stereocenters. The number of aromatic nitrogens is 2. The third-order valence-electron chi connectivity index (χ3n) is 10.1. The van der Waals surface area contributed by atoms with Crippen LogP contribution in [0.2, 0.25) is 0 Å². The molecule has 0 aliphatic carbocycles. The maximum absolute atomic E-state index is 2.41. The number of para-hydroxylation sites is 3. The van der Waals surface area contributed by atoms with Crippen molar-refractivity contribution in [2.75, 3.05) is 0 Å². The van der Waals surface area contributed by atoms with Crippen molar-refractivity contribution in [1.29, 1.82) is 0 Å². The fourth-order valence-electron chi connectivity index (χ4n) is 7.72. The summed E-state index contributed by atoms with van der Waals surface area (Å²) in [7, 11) is 0. The van der Waals surface area contributed by atoms with Crippen molar-refractivity contribution in [1.82, 2.24) is 9.13 Å². The van der Waals surface area contributed by atoms with E-state index in [0.29, 0.717) is 0 Å². The fraction of sp³-hybridized carbons (Fsp3) is 0. The Bertz CT molecular complexity index is 2820. The molecule has 0 saturated heterocycles. The van der Waals surface area contributed by atoms with Crippen LogP contribution in [0.5, 0.6) is 0 Å². The fourth-order valence-corrected chi connectivity index (χ4v) is 7.72. The second-order valence-corrected chi connectivity index (χ2v) is 13.0. The van der Waals surface area contributed by atoms with E-state index < -0.39 is 0 Å². The molecule has 0 N–H and O–H groups in total. The van der Waals surface area contributed by atoms with Gasteiger partial charge in [0, 0.05) is 32.9 Å². The van der Waals surface area contributed by atoms with E-state index in [1.54, 1.807) is 0 Å². The predicted molar refractivity (Wildman–Crippen MR) is 211 cm³/mol. The van der Waals surface area contributed by atoms with Gasteiger partial charge in [0.25, 0.3) is 0 Å². The summed E-state index contributed by atoms with van der Waals surface area (Å²) < 4.78 is 4.80. The molecular formula is C48H32N2. The van der Waals surface area contributed by atoms with E-state index in [-0.39, 0.29) is 0 Å². The van der Waals surface area contributed by atoms with Crippen LogP contribution in [0.3, 0.4) is 0 Å². The molecule has 0 radical (unpaired) electrons. The zero-order valence-electron chi connectivity index (χ0n) is 27.4. The highest BCUT2D eigenvalue weighted by atomic mass is 15.0. The third kappa shape index (κ3) is 4.57. The second kappa shape index (κ2) is 11.5. The zero-order valence-corrected chi connectivity index (χ0v) is 27.4. The first-order valence-electron chi connectivity index (χ1n) is 17.2. The SMILES string of the molecule is c1ccc(-c2ccc(-c3ccc(-n4c5ccccc5c5ccc(-c6ccc7c8ccccc8n(-c8ccccc8)c7c6)cc54)cc3)cc2)cc1. The molecule has 2 heteroatoms. The highest BCUT2D eigenvalue weighted by molar-refractivity contribution is 6.12. The summed E-state index contributed by atoms with van der Waals surface area (Å²) >= 11 is 0. The summed E-state index contributed by atoms with van der Waals surface area (Å²) in [4.78, 5) is 0. The van der Waals surface area contributed by atoms with Crippen LogP contribution in [0.25, 0.3) is 88.4 Å². The Kier molecular flexibility index (Phi) is 6.53.